The van der Waals surface area contributed by atoms with Crippen LogP contribution in [-0.2, 0) is 9.53 Å². The van der Waals surface area contributed by atoms with Crippen molar-refractivity contribution < 1.29 is 23.5 Å². The first-order valence-corrected chi connectivity index (χ1v) is 7.51. The van der Waals surface area contributed by atoms with E-state index in [1.807, 2.05) is 0 Å². The van der Waals surface area contributed by atoms with Crippen LogP contribution in [0.4, 0.5) is 9.18 Å². The summed E-state index contributed by atoms with van der Waals surface area (Å²) in [6.07, 6.45) is 0.0567. The van der Waals surface area contributed by atoms with Crippen LogP contribution in [0.15, 0.2) is 30.5 Å². The Labute approximate surface area is 142 Å². The Kier molecular flexibility index (Phi) is 5.83. The Morgan fingerprint density at radius 2 is 1.96 bits per heavy atom. The number of nitrogens with one attached hydrogen (secondary N) is 3. The summed E-state index contributed by atoms with van der Waals surface area (Å²) < 4.78 is 18.1. The molecule has 0 saturated carbocycles. The fraction of sp³-hybridized carbons (Fsp3) is 0.250. The molecule has 1 aromatic heterocycles. The molecule has 2 aromatic rings. The zero-order valence-corrected chi connectivity index (χ0v) is 13.6. The highest BCUT2D eigenvalue weighted by Gasteiger charge is 2.23. The van der Waals surface area contributed by atoms with Gasteiger partial charge in [0.05, 0.1) is 11.9 Å². The molecule has 0 saturated heterocycles. The molecule has 132 valence electrons. The topological polar surface area (TPSA) is 113 Å². The van der Waals surface area contributed by atoms with Gasteiger partial charge in [0.1, 0.15) is 11.4 Å². The third-order valence-corrected chi connectivity index (χ3v) is 3.22. The first-order chi connectivity index (χ1) is 11.9. The standard InChI is InChI=1S/C16H17FN4O4/c1-3-18-16(24)20-14(22)9(2)25-15(23)12-8-19-21-13(12)10-4-6-11(17)7-5-10/h4-9H,3H2,1-2H3,(H,19,21)(H2,18,20,22,24)/t9-/m0/s1. The highest BCUT2D eigenvalue weighted by molar-refractivity contribution is 6.00. The van der Waals surface area contributed by atoms with Crippen LogP contribution < -0.4 is 10.6 Å². The summed E-state index contributed by atoms with van der Waals surface area (Å²) >= 11 is 0. The maximum Gasteiger partial charge on any atom is 0.342 e. The van der Waals surface area contributed by atoms with Gasteiger partial charge in [-0.1, -0.05) is 0 Å². The summed E-state index contributed by atoms with van der Waals surface area (Å²) in [5.41, 5.74) is 0.955. The highest BCUT2D eigenvalue weighted by Crippen LogP contribution is 2.22. The lowest BCUT2D eigenvalue weighted by Crippen LogP contribution is -2.44. The third kappa shape index (κ3) is 4.63. The fourth-order valence-electron chi connectivity index (χ4n) is 1.97. The Morgan fingerprint density at radius 1 is 1.28 bits per heavy atom. The van der Waals surface area contributed by atoms with Crippen molar-refractivity contribution in [3.05, 3.63) is 41.8 Å². The second-order valence-electron chi connectivity index (χ2n) is 5.06. The van der Waals surface area contributed by atoms with E-state index in [-0.39, 0.29) is 5.56 Å². The van der Waals surface area contributed by atoms with E-state index in [9.17, 15) is 18.8 Å². The number of aromatic amines is 1. The molecule has 1 atom stereocenters. The van der Waals surface area contributed by atoms with Crippen molar-refractivity contribution in [2.45, 2.75) is 20.0 Å². The molecule has 0 aliphatic carbocycles. The molecule has 25 heavy (non-hydrogen) atoms. The molecule has 2 rings (SSSR count). The number of amides is 3. The fourth-order valence-corrected chi connectivity index (χ4v) is 1.97. The van der Waals surface area contributed by atoms with Crippen LogP contribution in [0.1, 0.15) is 24.2 Å². The van der Waals surface area contributed by atoms with Gasteiger partial charge in [-0.25, -0.2) is 14.0 Å². The first kappa shape index (κ1) is 18.1. The number of hydrogen-bond acceptors (Lipinski definition) is 5. The van der Waals surface area contributed by atoms with E-state index in [0.717, 1.165) is 0 Å². The minimum atomic E-state index is -1.19. The van der Waals surface area contributed by atoms with E-state index >= 15 is 0 Å². The summed E-state index contributed by atoms with van der Waals surface area (Å²) in [7, 11) is 0. The molecule has 9 heteroatoms. The van der Waals surface area contributed by atoms with Crippen LogP contribution in [0, 0.1) is 5.82 Å². The molecule has 8 nitrogen and oxygen atoms in total. The maximum atomic E-state index is 13.0. The largest absolute Gasteiger partial charge is 0.449 e. The van der Waals surface area contributed by atoms with Crippen LogP contribution in [0.3, 0.4) is 0 Å². The smallest absolute Gasteiger partial charge is 0.342 e. The van der Waals surface area contributed by atoms with E-state index in [1.54, 1.807) is 6.92 Å². The van der Waals surface area contributed by atoms with Crippen LogP contribution in [0.5, 0.6) is 0 Å². The second-order valence-corrected chi connectivity index (χ2v) is 5.06. The quantitative estimate of drug-likeness (QED) is 0.711. The molecular weight excluding hydrogens is 331 g/mol. The number of ether oxygens (including phenoxy) is 1. The van der Waals surface area contributed by atoms with Gasteiger partial charge in [-0.05, 0) is 38.1 Å². The number of nitrogens with zero attached hydrogens (tertiary/aromatic N) is 1. The van der Waals surface area contributed by atoms with Crippen molar-refractivity contribution in [2.75, 3.05) is 6.54 Å². The lowest BCUT2D eigenvalue weighted by atomic mass is 10.1. The predicted molar refractivity (Wildman–Crippen MR) is 86.1 cm³/mol. The predicted octanol–water partition coefficient (Wildman–Crippen LogP) is 1.61. The number of rotatable bonds is 5. The molecule has 3 N–H and O–H groups in total. The van der Waals surface area contributed by atoms with E-state index in [0.29, 0.717) is 17.8 Å². The minimum Gasteiger partial charge on any atom is -0.449 e. The normalized spacial score (nSPS) is 11.5. The van der Waals surface area contributed by atoms with Crippen LogP contribution >= 0.6 is 0 Å². The second kappa shape index (κ2) is 8.04. The summed E-state index contributed by atoms with van der Waals surface area (Å²) in [4.78, 5) is 35.4. The van der Waals surface area contributed by atoms with Gasteiger partial charge in [0.25, 0.3) is 5.91 Å². The molecule has 0 aliphatic rings. The lowest BCUT2D eigenvalue weighted by molar-refractivity contribution is -0.127. The molecule has 0 fully saturated rings. The van der Waals surface area contributed by atoms with Gasteiger partial charge >= 0.3 is 12.0 Å². The average Bonchev–Trinajstić information content (AvgIpc) is 3.05. The van der Waals surface area contributed by atoms with Gasteiger partial charge in [0.15, 0.2) is 6.10 Å². The molecular formula is C16H17FN4O4. The number of hydrogen-bond donors (Lipinski definition) is 3. The van der Waals surface area contributed by atoms with Crippen molar-refractivity contribution in [3.63, 3.8) is 0 Å². The van der Waals surface area contributed by atoms with Crippen molar-refractivity contribution in [1.29, 1.82) is 0 Å². The Hall–Kier alpha value is -3.23. The Balaban J connectivity index is 2.06. The number of urea groups is 1. The summed E-state index contributed by atoms with van der Waals surface area (Å²) in [5, 5.41) is 10.9. The van der Waals surface area contributed by atoms with Crippen molar-refractivity contribution in [1.82, 2.24) is 20.8 Å². The zero-order chi connectivity index (χ0) is 18.4. The zero-order valence-electron chi connectivity index (χ0n) is 13.6. The summed E-state index contributed by atoms with van der Waals surface area (Å²) in [5.74, 6) is -1.97. The molecule has 0 spiro atoms. The van der Waals surface area contributed by atoms with Gasteiger partial charge in [-0.2, -0.15) is 5.10 Å². The van der Waals surface area contributed by atoms with Crippen molar-refractivity contribution in [3.8, 4) is 11.3 Å². The number of benzene rings is 1. The number of halogens is 1. The van der Waals surface area contributed by atoms with Gasteiger partial charge in [-0.15, -0.1) is 0 Å². The molecule has 0 unspecified atom stereocenters. The number of H-pyrrole nitrogens is 1. The van der Waals surface area contributed by atoms with E-state index in [2.05, 4.69) is 20.8 Å². The molecule has 0 bridgehead atoms. The maximum absolute atomic E-state index is 13.0. The SMILES string of the molecule is CCNC(=O)NC(=O)[C@H](C)OC(=O)c1cn[nH]c1-c1ccc(F)cc1. The van der Waals surface area contributed by atoms with Crippen LogP contribution in [-0.4, -0.2) is 40.8 Å². The number of carbonyl (C=O) groups excluding carboxylic acids is 3. The molecule has 3 amide bonds. The molecule has 0 radical (unpaired) electrons. The van der Waals surface area contributed by atoms with E-state index in [1.165, 1.54) is 37.4 Å². The molecule has 0 aliphatic heterocycles. The van der Waals surface area contributed by atoms with E-state index < -0.39 is 29.8 Å². The van der Waals surface area contributed by atoms with Gasteiger partial charge < -0.3 is 10.1 Å². The van der Waals surface area contributed by atoms with E-state index in [4.69, 9.17) is 4.74 Å². The number of imide groups is 1. The lowest BCUT2D eigenvalue weighted by Gasteiger charge is -2.13. The minimum absolute atomic E-state index is 0.0873. The summed E-state index contributed by atoms with van der Waals surface area (Å²) in [6, 6.07) is 4.77. The number of esters is 1. The van der Waals surface area contributed by atoms with Gasteiger partial charge in [0, 0.05) is 12.1 Å². The third-order valence-electron chi connectivity index (χ3n) is 3.22. The van der Waals surface area contributed by atoms with Crippen LogP contribution in [0.2, 0.25) is 0 Å². The number of aromatic nitrogens is 2. The average molecular weight is 348 g/mol. The highest BCUT2D eigenvalue weighted by atomic mass is 19.1. The van der Waals surface area contributed by atoms with Crippen molar-refractivity contribution >= 4 is 17.9 Å². The van der Waals surface area contributed by atoms with Crippen LogP contribution in [0.25, 0.3) is 11.3 Å². The monoisotopic (exact) mass is 348 g/mol. The van der Waals surface area contributed by atoms with Gasteiger partial charge in [-0.3, -0.25) is 15.2 Å². The first-order valence-electron chi connectivity index (χ1n) is 7.51. The Morgan fingerprint density at radius 3 is 2.60 bits per heavy atom. The van der Waals surface area contributed by atoms with Gasteiger partial charge in [0.2, 0.25) is 0 Å². The number of carbonyl (C=O) groups is 3. The molecule has 1 heterocycles. The molecule has 1 aromatic carbocycles. The summed E-state index contributed by atoms with van der Waals surface area (Å²) in [6.45, 7) is 3.39. The van der Waals surface area contributed by atoms with Crippen molar-refractivity contribution in [2.24, 2.45) is 0 Å². The Bertz CT molecular complexity index is 773.